The fourth-order valence-electron chi connectivity index (χ4n) is 3.17. The highest BCUT2D eigenvalue weighted by Gasteiger charge is 2.35. The maximum atomic E-state index is 14.8. The Labute approximate surface area is 173 Å². The summed E-state index contributed by atoms with van der Waals surface area (Å²) in [6, 6.07) is 2.72. The Morgan fingerprint density at radius 2 is 1.97 bits per heavy atom. The number of carbonyl (C=O) groups is 2. The molecule has 2 N–H and O–H groups in total. The van der Waals surface area contributed by atoms with Crippen LogP contribution in [0.2, 0.25) is 0 Å². The highest BCUT2D eigenvalue weighted by molar-refractivity contribution is 5.91. The highest BCUT2D eigenvalue weighted by atomic mass is 19.2. The molecule has 0 bridgehead atoms. The van der Waals surface area contributed by atoms with Crippen molar-refractivity contribution in [3.05, 3.63) is 36.0 Å². The number of alkyl carbamates (subject to hydrolysis) is 1. The molecule has 8 nitrogen and oxygen atoms in total. The number of hydrogen-bond donors (Lipinski definition) is 2. The van der Waals surface area contributed by atoms with Gasteiger partial charge in [0.05, 0.1) is 24.0 Å². The minimum Gasteiger partial charge on any atom is -0.444 e. The number of nitrogens with zero attached hydrogens (tertiary/aromatic N) is 2. The number of ketones is 1. The molecule has 1 aromatic rings. The van der Waals surface area contributed by atoms with Gasteiger partial charge in [-0.05, 0) is 39.0 Å². The summed E-state index contributed by atoms with van der Waals surface area (Å²) in [5, 5.41) is 12.7. The van der Waals surface area contributed by atoms with E-state index in [2.05, 4.69) is 5.32 Å². The first kappa shape index (κ1) is 22.0. The molecule has 2 heterocycles. The Hall–Kier alpha value is -2.72. The summed E-state index contributed by atoms with van der Waals surface area (Å²) in [4.78, 5) is 25.7. The van der Waals surface area contributed by atoms with Crippen molar-refractivity contribution in [2.75, 3.05) is 29.4 Å². The molecule has 0 spiro atoms. The molecule has 1 aromatic carbocycles. The van der Waals surface area contributed by atoms with Gasteiger partial charge in [0.1, 0.15) is 5.60 Å². The number of aliphatic hydroxyl groups is 1. The smallest absolute Gasteiger partial charge is 0.407 e. The van der Waals surface area contributed by atoms with Gasteiger partial charge in [-0.15, -0.1) is 0 Å². The van der Waals surface area contributed by atoms with Gasteiger partial charge < -0.3 is 29.7 Å². The van der Waals surface area contributed by atoms with Gasteiger partial charge in [0.15, 0.2) is 17.4 Å². The van der Waals surface area contributed by atoms with E-state index in [4.69, 9.17) is 9.47 Å². The fraction of sp³-hybridized carbons (Fsp3) is 0.500. The van der Waals surface area contributed by atoms with Crippen LogP contribution in [0, 0.1) is 11.6 Å². The molecule has 0 saturated carbocycles. The monoisotopic (exact) mass is 425 g/mol. The van der Waals surface area contributed by atoms with E-state index in [1.807, 2.05) is 0 Å². The van der Waals surface area contributed by atoms with Crippen LogP contribution in [-0.2, 0) is 14.3 Å². The van der Waals surface area contributed by atoms with E-state index in [-0.39, 0.29) is 43.2 Å². The second-order valence-corrected chi connectivity index (χ2v) is 8.08. The Kier molecular flexibility index (Phi) is 6.27. The molecule has 2 unspecified atom stereocenters. The fourth-order valence-corrected chi connectivity index (χ4v) is 3.17. The van der Waals surface area contributed by atoms with Gasteiger partial charge in [0.25, 0.3) is 0 Å². The highest BCUT2D eigenvalue weighted by Crippen LogP contribution is 2.33. The Bertz CT molecular complexity index is 856. The molecule has 3 rings (SSSR count). The second-order valence-electron chi connectivity index (χ2n) is 8.08. The number of benzene rings is 1. The van der Waals surface area contributed by atoms with Gasteiger partial charge in [0.2, 0.25) is 6.41 Å². The average Bonchev–Trinajstić information content (AvgIpc) is 3.02. The summed E-state index contributed by atoms with van der Waals surface area (Å²) in [5.41, 5.74) is -0.830. The SMILES string of the molecule is CC(C)(C)OC(=O)NCC1CN(c2ccc(N3C=CC(=O)CC3)c(F)c2F)C(O)O1. The first-order chi connectivity index (χ1) is 14.0. The predicted molar refractivity (Wildman–Crippen MR) is 105 cm³/mol. The topological polar surface area (TPSA) is 91.3 Å². The van der Waals surface area contributed by atoms with Crippen molar-refractivity contribution >= 4 is 23.3 Å². The van der Waals surface area contributed by atoms with Crippen LogP contribution < -0.4 is 15.1 Å². The number of allylic oxidation sites excluding steroid dienone is 1. The Morgan fingerprint density at radius 1 is 1.30 bits per heavy atom. The zero-order valence-electron chi connectivity index (χ0n) is 17.0. The molecule has 30 heavy (non-hydrogen) atoms. The minimum atomic E-state index is -1.50. The molecule has 1 fully saturated rings. The Balaban J connectivity index is 1.67. The molecule has 10 heteroatoms. The van der Waals surface area contributed by atoms with Crippen molar-refractivity contribution in [1.29, 1.82) is 0 Å². The van der Waals surface area contributed by atoms with Crippen molar-refractivity contribution in [3.8, 4) is 0 Å². The van der Waals surface area contributed by atoms with E-state index in [9.17, 15) is 23.5 Å². The molecule has 1 saturated heterocycles. The lowest BCUT2D eigenvalue weighted by Crippen LogP contribution is -2.38. The van der Waals surface area contributed by atoms with Crippen molar-refractivity contribution in [1.82, 2.24) is 5.32 Å². The van der Waals surface area contributed by atoms with Crippen LogP contribution in [-0.4, -0.2) is 54.7 Å². The van der Waals surface area contributed by atoms with Gasteiger partial charge >= 0.3 is 6.09 Å². The summed E-state index contributed by atoms with van der Waals surface area (Å²) >= 11 is 0. The van der Waals surface area contributed by atoms with E-state index in [0.717, 1.165) is 0 Å². The van der Waals surface area contributed by atoms with Gasteiger partial charge in [0, 0.05) is 25.7 Å². The number of nitrogens with one attached hydrogen (secondary N) is 1. The van der Waals surface area contributed by atoms with Crippen LogP contribution in [0.4, 0.5) is 25.0 Å². The first-order valence-corrected chi connectivity index (χ1v) is 9.58. The number of anilines is 2. The summed E-state index contributed by atoms with van der Waals surface area (Å²) in [6.45, 7) is 5.48. The number of aliphatic hydroxyl groups excluding tert-OH is 1. The quantitative estimate of drug-likeness (QED) is 0.765. The molecular formula is C20H25F2N3O5. The van der Waals surface area contributed by atoms with Crippen molar-refractivity contribution in [3.63, 3.8) is 0 Å². The van der Waals surface area contributed by atoms with E-state index < -0.39 is 35.8 Å². The molecule has 2 aliphatic heterocycles. The van der Waals surface area contributed by atoms with E-state index in [0.29, 0.717) is 0 Å². The summed E-state index contributed by atoms with van der Waals surface area (Å²) in [7, 11) is 0. The minimum absolute atomic E-state index is 0.00209. The third kappa shape index (κ3) is 5.06. The van der Waals surface area contributed by atoms with Gasteiger partial charge in [-0.3, -0.25) is 4.79 Å². The number of ether oxygens (including phenoxy) is 2. The van der Waals surface area contributed by atoms with Crippen LogP contribution in [0.5, 0.6) is 0 Å². The van der Waals surface area contributed by atoms with Crippen molar-refractivity contribution < 1.29 is 33.0 Å². The van der Waals surface area contributed by atoms with Gasteiger partial charge in [-0.25, -0.2) is 13.6 Å². The zero-order valence-corrected chi connectivity index (χ0v) is 17.0. The van der Waals surface area contributed by atoms with Crippen molar-refractivity contribution in [2.24, 2.45) is 0 Å². The zero-order chi connectivity index (χ0) is 22.1. The number of amides is 1. The largest absolute Gasteiger partial charge is 0.444 e. The number of carbonyl (C=O) groups excluding carboxylic acids is 2. The molecule has 0 radical (unpaired) electrons. The standard InChI is InChI=1S/C20H25F2N3O5/c1-20(2,3)30-18(27)23-10-13-11-25(19(28)29-13)15-5-4-14(16(21)17(15)22)24-8-6-12(26)7-9-24/h4-6,8,13,19,28H,7,9-11H2,1-3H3,(H,23,27). The second kappa shape index (κ2) is 8.57. The molecule has 164 valence electrons. The number of hydrogen-bond acceptors (Lipinski definition) is 7. The molecule has 0 aromatic heterocycles. The van der Waals surface area contributed by atoms with E-state index >= 15 is 0 Å². The van der Waals surface area contributed by atoms with Crippen LogP contribution in [0.3, 0.4) is 0 Å². The summed E-state index contributed by atoms with van der Waals surface area (Å²) in [6.07, 6.45) is 0.150. The lowest BCUT2D eigenvalue weighted by Gasteiger charge is -2.26. The molecular weight excluding hydrogens is 400 g/mol. The van der Waals surface area contributed by atoms with Crippen LogP contribution in [0.1, 0.15) is 27.2 Å². The third-order valence-electron chi connectivity index (χ3n) is 4.55. The molecule has 2 aliphatic rings. The predicted octanol–water partition coefficient (Wildman–Crippen LogP) is 2.26. The first-order valence-electron chi connectivity index (χ1n) is 9.58. The van der Waals surface area contributed by atoms with E-state index in [1.165, 1.54) is 34.2 Å². The van der Waals surface area contributed by atoms with E-state index in [1.54, 1.807) is 20.8 Å². The summed E-state index contributed by atoms with van der Waals surface area (Å²) < 4.78 is 39.9. The molecule has 2 atom stereocenters. The van der Waals surface area contributed by atoms with Crippen LogP contribution in [0.25, 0.3) is 0 Å². The lowest BCUT2D eigenvalue weighted by atomic mass is 10.1. The normalized spacial score (nSPS) is 21.9. The third-order valence-corrected chi connectivity index (χ3v) is 4.55. The van der Waals surface area contributed by atoms with Crippen LogP contribution in [0.15, 0.2) is 24.4 Å². The molecule has 1 amide bonds. The van der Waals surface area contributed by atoms with Crippen LogP contribution >= 0.6 is 0 Å². The maximum Gasteiger partial charge on any atom is 0.407 e. The maximum absolute atomic E-state index is 14.8. The lowest BCUT2D eigenvalue weighted by molar-refractivity contribution is -0.114. The van der Waals surface area contributed by atoms with Gasteiger partial charge in [-0.2, -0.15) is 0 Å². The molecule has 0 aliphatic carbocycles. The van der Waals surface area contributed by atoms with Crippen molar-refractivity contribution in [2.45, 2.75) is 45.3 Å². The Morgan fingerprint density at radius 3 is 2.60 bits per heavy atom. The summed E-state index contributed by atoms with van der Waals surface area (Å²) in [5.74, 6) is -2.30. The number of rotatable bonds is 4. The number of halogens is 2. The van der Waals surface area contributed by atoms with Gasteiger partial charge in [-0.1, -0.05) is 0 Å². The average molecular weight is 425 g/mol.